The normalized spacial score (nSPS) is 10.6. The molecule has 0 atom stereocenters. The zero-order valence-electron chi connectivity index (χ0n) is 19.0. The molecular formula is C27H26N4O2. The molecule has 1 N–H and O–H groups in total. The summed E-state index contributed by atoms with van der Waals surface area (Å²) in [4.78, 5) is 26.6. The van der Waals surface area contributed by atoms with E-state index in [1.165, 1.54) is 0 Å². The van der Waals surface area contributed by atoms with Gasteiger partial charge >= 0.3 is 0 Å². The fourth-order valence-corrected chi connectivity index (χ4v) is 3.68. The van der Waals surface area contributed by atoms with Gasteiger partial charge in [0, 0.05) is 42.5 Å². The second-order valence-corrected chi connectivity index (χ2v) is 7.77. The Morgan fingerprint density at radius 1 is 1.00 bits per heavy atom. The van der Waals surface area contributed by atoms with Crippen LogP contribution >= 0.6 is 0 Å². The smallest absolute Gasteiger partial charge is 0.253 e. The van der Waals surface area contributed by atoms with Crippen molar-refractivity contribution in [3.8, 4) is 28.3 Å². The minimum absolute atomic E-state index is 0.218. The lowest BCUT2D eigenvalue weighted by molar-refractivity contribution is 0.0951. The number of carbonyl (C=O) groups excluding carboxylic acids is 1. The third kappa shape index (κ3) is 5.06. The van der Waals surface area contributed by atoms with Gasteiger partial charge in [0.25, 0.3) is 5.91 Å². The van der Waals surface area contributed by atoms with E-state index in [9.17, 15) is 4.79 Å². The van der Waals surface area contributed by atoms with Crippen molar-refractivity contribution in [3.05, 3.63) is 95.6 Å². The summed E-state index contributed by atoms with van der Waals surface area (Å²) < 4.78 is 5.48. The van der Waals surface area contributed by atoms with Crippen molar-refractivity contribution in [2.45, 2.75) is 26.8 Å². The summed E-state index contributed by atoms with van der Waals surface area (Å²) in [7, 11) is 1.66. The van der Waals surface area contributed by atoms with Gasteiger partial charge in [0.2, 0.25) is 0 Å². The number of nitrogens with zero attached hydrogens (tertiary/aromatic N) is 3. The summed E-state index contributed by atoms with van der Waals surface area (Å²) in [6.45, 7) is 4.44. The van der Waals surface area contributed by atoms with E-state index in [-0.39, 0.29) is 5.91 Å². The molecule has 4 rings (SSSR count). The Hall–Kier alpha value is -4.06. The van der Waals surface area contributed by atoms with E-state index >= 15 is 0 Å². The zero-order chi connectivity index (χ0) is 23.2. The maximum atomic E-state index is 13.3. The minimum Gasteiger partial charge on any atom is -0.496 e. The molecular weight excluding hydrogens is 412 g/mol. The van der Waals surface area contributed by atoms with Gasteiger partial charge < -0.3 is 10.1 Å². The first kappa shape index (κ1) is 22.1. The lowest BCUT2D eigenvalue weighted by atomic mass is 10.0. The predicted octanol–water partition coefficient (Wildman–Crippen LogP) is 5.02. The van der Waals surface area contributed by atoms with Crippen LogP contribution in [0.15, 0.2) is 73.3 Å². The van der Waals surface area contributed by atoms with Gasteiger partial charge in [-0.15, -0.1) is 0 Å². The lowest BCUT2D eigenvalue weighted by Gasteiger charge is -2.13. The highest BCUT2D eigenvalue weighted by Gasteiger charge is 2.17. The standard InChI is InChI=1S/C27H26N4O2/c1-4-20-9-8-19(12-25(20)33-3)15-31-27(32)23-13-22(21-11-18(2)14-28-16-21)17-30-26(23)24-7-5-6-10-29-24/h5-14,16-17H,4,15H2,1-3H3,(H,31,32). The average Bonchev–Trinajstić information content (AvgIpc) is 2.87. The van der Waals surface area contributed by atoms with Crippen molar-refractivity contribution in [2.75, 3.05) is 7.11 Å². The molecule has 0 saturated heterocycles. The Morgan fingerprint density at radius 2 is 1.85 bits per heavy atom. The summed E-state index contributed by atoms with van der Waals surface area (Å²) in [5.74, 6) is 0.609. The molecule has 3 heterocycles. The predicted molar refractivity (Wildman–Crippen MR) is 129 cm³/mol. The van der Waals surface area contributed by atoms with Gasteiger partial charge in [-0.05, 0) is 60.4 Å². The van der Waals surface area contributed by atoms with Gasteiger partial charge in [-0.2, -0.15) is 0 Å². The maximum absolute atomic E-state index is 13.3. The van der Waals surface area contributed by atoms with Gasteiger partial charge in [-0.1, -0.05) is 25.1 Å². The van der Waals surface area contributed by atoms with E-state index in [1.54, 1.807) is 31.9 Å². The first-order valence-corrected chi connectivity index (χ1v) is 10.9. The Labute approximate surface area is 193 Å². The average molecular weight is 439 g/mol. The highest BCUT2D eigenvalue weighted by Crippen LogP contribution is 2.26. The molecule has 166 valence electrons. The topological polar surface area (TPSA) is 77.0 Å². The number of nitrogens with one attached hydrogen (secondary N) is 1. The third-order valence-electron chi connectivity index (χ3n) is 5.43. The number of pyridine rings is 3. The number of hydrogen-bond donors (Lipinski definition) is 1. The largest absolute Gasteiger partial charge is 0.496 e. The van der Waals surface area contributed by atoms with Crippen molar-refractivity contribution in [2.24, 2.45) is 0 Å². The monoisotopic (exact) mass is 438 g/mol. The summed E-state index contributed by atoms with van der Waals surface area (Å²) in [6, 6.07) is 15.4. The van der Waals surface area contributed by atoms with Crippen LogP contribution in [0.2, 0.25) is 0 Å². The number of benzene rings is 1. The molecule has 0 unspecified atom stereocenters. The molecule has 6 heteroatoms. The molecule has 0 bridgehead atoms. The highest BCUT2D eigenvalue weighted by molar-refractivity contribution is 6.00. The minimum atomic E-state index is -0.218. The molecule has 0 aliphatic heterocycles. The summed E-state index contributed by atoms with van der Waals surface area (Å²) in [5.41, 5.74) is 6.51. The SMILES string of the molecule is CCc1ccc(CNC(=O)c2cc(-c3cncc(C)c3)cnc2-c2ccccn2)cc1OC. The molecule has 0 spiro atoms. The summed E-state index contributed by atoms with van der Waals surface area (Å²) in [5, 5.41) is 3.03. The van der Waals surface area contributed by atoms with Crippen molar-refractivity contribution in [3.63, 3.8) is 0 Å². The first-order chi connectivity index (χ1) is 16.1. The third-order valence-corrected chi connectivity index (χ3v) is 5.43. The molecule has 3 aromatic heterocycles. The molecule has 1 aromatic carbocycles. The second-order valence-electron chi connectivity index (χ2n) is 7.77. The molecule has 0 fully saturated rings. The summed E-state index contributed by atoms with van der Waals surface area (Å²) >= 11 is 0. The van der Waals surface area contributed by atoms with Crippen LogP contribution in [0.3, 0.4) is 0 Å². The van der Waals surface area contributed by atoms with Crippen molar-refractivity contribution in [1.82, 2.24) is 20.3 Å². The van der Waals surface area contributed by atoms with Crippen LogP contribution in [0.1, 0.15) is 34.0 Å². The number of carbonyl (C=O) groups is 1. The molecule has 0 aliphatic rings. The van der Waals surface area contributed by atoms with Gasteiger partial charge in [0.1, 0.15) is 11.4 Å². The highest BCUT2D eigenvalue weighted by atomic mass is 16.5. The van der Waals surface area contributed by atoms with Crippen molar-refractivity contribution in [1.29, 1.82) is 0 Å². The van der Waals surface area contributed by atoms with Crippen LogP contribution in [0.25, 0.3) is 22.5 Å². The molecule has 6 nitrogen and oxygen atoms in total. The number of hydrogen-bond acceptors (Lipinski definition) is 5. The number of ether oxygens (including phenoxy) is 1. The number of methoxy groups -OCH3 is 1. The quantitative estimate of drug-likeness (QED) is 0.439. The zero-order valence-corrected chi connectivity index (χ0v) is 19.0. The van der Waals surface area contributed by atoms with Crippen LogP contribution in [0.4, 0.5) is 0 Å². The van der Waals surface area contributed by atoms with E-state index in [4.69, 9.17) is 4.74 Å². The van der Waals surface area contributed by atoms with Gasteiger partial charge in [-0.3, -0.25) is 19.7 Å². The van der Waals surface area contributed by atoms with E-state index in [0.29, 0.717) is 23.5 Å². The molecule has 0 radical (unpaired) electrons. The van der Waals surface area contributed by atoms with Gasteiger partial charge in [-0.25, -0.2) is 0 Å². The van der Waals surface area contributed by atoms with Gasteiger partial charge in [0.05, 0.1) is 18.4 Å². The molecule has 33 heavy (non-hydrogen) atoms. The molecule has 1 amide bonds. The summed E-state index contributed by atoms with van der Waals surface area (Å²) in [6.07, 6.45) is 7.90. The Bertz CT molecular complexity index is 1270. The van der Waals surface area contributed by atoms with E-state index < -0.39 is 0 Å². The Balaban J connectivity index is 1.66. The number of rotatable bonds is 7. The number of amides is 1. The number of aromatic nitrogens is 3. The lowest BCUT2D eigenvalue weighted by Crippen LogP contribution is -2.24. The van der Waals surface area contributed by atoms with Crippen LogP contribution < -0.4 is 10.1 Å². The van der Waals surface area contributed by atoms with E-state index in [1.807, 2.05) is 55.5 Å². The van der Waals surface area contributed by atoms with Crippen LogP contribution in [0, 0.1) is 6.92 Å². The van der Waals surface area contributed by atoms with Crippen LogP contribution in [-0.4, -0.2) is 28.0 Å². The van der Waals surface area contributed by atoms with Crippen molar-refractivity contribution < 1.29 is 9.53 Å². The number of aryl methyl sites for hydroxylation is 2. The van der Waals surface area contributed by atoms with Crippen LogP contribution in [-0.2, 0) is 13.0 Å². The molecule has 4 aromatic rings. The van der Waals surface area contributed by atoms with Crippen molar-refractivity contribution >= 4 is 5.91 Å². The van der Waals surface area contributed by atoms with Crippen LogP contribution in [0.5, 0.6) is 5.75 Å². The van der Waals surface area contributed by atoms with E-state index in [2.05, 4.69) is 27.2 Å². The second kappa shape index (κ2) is 10.0. The Kier molecular flexibility index (Phi) is 6.74. The Morgan fingerprint density at radius 3 is 2.58 bits per heavy atom. The fourth-order valence-electron chi connectivity index (χ4n) is 3.68. The maximum Gasteiger partial charge on any atom is 0.253 e. The van der Waals surface area contributed by atoms with Gasteiger partial charge in [0.15, 0.2) is 0 Å². The fraction of sp³-hybridized carbons (Fsp3) is 0.185. The molecule has 0 aliphatic carbocycles. The first-order valence-electron chi connectivity index (χ1n) is 10.9. The van der Waals surface area contributed by atoms with E-state index in [0.717, 1.165) is 40.0 Å². The molecule has 0 saturated carbocycles.